The van der Waals surface area contributed by atoms with E-state index in [1.165, 1.54) is 10.5 Å². The summed E-state index contributed by atoms with van der Waals surface area (Å²) in [7, 11) is -3.58. The predicted molar refractivity (Wildman–Crippen MR) is 141 cm³/mol. The van der Waals surface area contributed by atoms with Gasteiger partial charge in [0.2, 0.25) is 10.0 Å². The van der Waals surface area contributed by atoms with E-state index in [9.17, 15) is 13.2 Å². The number of anilines is 1. The minimum Gasteiger partial charge on any atom is -0.493 e. The number of nitrogens with zero attached hydrogens (tertiary/aromatic N) is 2. The molecule has 1 N–H and O–H groups in total. The van der Waals surface area contributed by atoms with E-state index in [1.54, 1.807) is 48.5 Å². The normalized spacial score (nSPS) is 11.6. The summed E-state index contributed by atoms with van der Waals surface area (Å²) in [5.41, 5.74) is 4.73. The molecule has 7 nitrogen and oxygen atoms in total. The number of hydrogen-bond acceptors (Lipinski definition) is 5. The van der Waals surface area contributed by atoms with E-state index in [2.05, 4.69) is 24.4 Å². The van der Waals surface area contributed by atoms with Gasteiger partial charge in [0, 0.05) is 10.6 Å². The van der Waals surface area contributed by atoms with Crippen molar-refractivity contribution in [2.75, 3.05) is 17.2 Å². The lowest BCUT2D eigenvalue weighted by atomic mass is 10.2. The summed E-state index contributed by atoms with van der Waals surface area (Å²) in [6, 6.07) is 20.7. The molecule has 3 rings (SSSR count). The summed E-state index contributed by atoms with van der Waals surface area (Å²) in [4.78, 5) is 12.5. The van der Waals surface area contributed by atoms with Crippen LogP contribution in [0.3, 0.4) is 0 Å². The smallest absolute Gasteiger partial charge is 0.271 e. The fourth-order valence-electron chi connectivity index (χ4n) is 3.10. The number of rotatable bonds is 10. The van der Waals surface area contributed by atoms with Crippen LogP contribution in [0.25, 0.3) is 0 Å². The molecule has 0 bridgehead atoms. The molecule has 35 heavy (non-hydrogen) atoms. The van der Waals surface area contributed by atoms with E-state index in [-0.39, 0.29) is 6.54 Å². The standard InChI is InChI=1S/C26H28ClN3O4S/c1-19(2)18-34-24-14-8-20(9-15-24)16-28-29-26(31)21-10-12-23(13-11-21)30(35(3,32)33)17-22-6-4-5-7-25(22)27/h4-16,19H,17-18H2,1-3H3,(H,29,31)/b28-16-. The molecule has 0 radical (unpaired) electrons. The molecule has 3 aromatic rings. The van der Waals surface area contributed by atoms with Crippen molar-refractivity contribution >= 4 is 39.4 Å². The first-order valence-corrected chi connectivity index (χ1v) is 13.2. The van der Waals surface area contributed by atoms with Gasteiger partial charge in [-0.15, -0.1) is 0 Å². The van der Waals surface area contributed by atoms with E-state index in [0.29, 0.717) is 34.4 Å². The number of amides is 1. The Balaban J connectivity index is 1.64. The van der Waals surface area contributed by atoms with Crippen LogP contribution in [0, 0.1) is 5.92 Å². The van der Waals surface area contributed by atoms with Gasteiger partial charge >= 0.3 is 0 Å². The van der Waals surface area contributed by atoms with Gasteiger partial charge in [-0.05, 0) is 71.6 Å². The molecule has 9 heteroatoms. The molecule has 1 amide bonds. The second-order valence-electron chi connectivity index (χ2n) is 8.38. The maximum Gasteiger partial charge on any atom is 0.271 e. The number of ether oxygens (including phenoxy) is 1. The van der Waals surface area contributed by atoms with Gasteiger partial charge in [0.25, 0.3) is 5.91 Å². The topological polar surface area (TPSA) is 88.1 Å². The Kier molecular flexibility index (Phi) is 8.89. The molecule has 0 heterocycles. The second kappa shape index (κ2) is 11.9. The monoisotopic (exact) mass is 513 g/mol. The first kappa shape index (κ1) is 26.2. The Morgan fingerprint density at radius 1 is 1.06 bits per heavy atom. The van der Waals surface area contributed by atoms with Crippen LogP contribution >= 0.6 is 11.6 Å². The Morgan fingerprint density at radius 2 is 1.71 bits per heavy atom. The Morgan fingerprint density at radius 3 is 2.31 bits per heavy atom. The molecule has 0 saturated heterocycles. The van der Waals surface area contributed by atoms with Crippen molar-refractivity contribution in [1.29, 1.82) is 0 Å². The third kappa shape index (κ3) is 7.83. The number of sulfonamides is 1. The van der Waals surface area contributed by atoms with Gasteiger partial charge in [-0.1, -0.05) is 43.6 Å². The van der Waals surface area contributed by atoms with Crippen LogP contribution in [-0.2, 0) is 16.6 Å². The van der Waals surface area contributed by atoms with E-state index >= 15 is 0 Å². The average Bonchev–Trinajstić information content (AvgIpc) is 2.82. The van der Waals surface area contributed by atoms with Crippen molar-refractivity contribution in [3.63, 3.8) is 0 Å². The highest BCUT2D eigenvalue weighted by molar-refractivity contribution is 7.92. The Hall–Kier alpha value is -3.36. The number of hydrazone groups is 1. The molecule has 184 valence electrons. The van der Waals surface area contributed by atoms with Gasteiger partial charge in [-0.3, -0.25) is 9.10 Å². The molecule has 0 atom stereocenters. The molecule has 0 unspecified atom stereocenters. The van der Waals surface area contributed by atoms with Crippen molar-refractivity contribution in [2.24, 2.45) is 11.0 Å². The molecular formula is C26H28ClN3O4S. The summed E-state index contributed by atoms with van der Waals surface area (Å²) in [6.45, 7) is 4.89. The fraction of sp³-hybridized carbons (Fsp3) is 0.231. The maximum absolute atomic E-state index is 12.5. The van der Waals surface area contributed by atoms with Crippen molar-refractivity contribution in [2.45, 2.75) is 20.4 Å². The van der Waals surface area contributed by atoms with E-state index < -0.39 is 15.9 Å². The zero-order valence-electron chi connectivity index (χ0n) is 19.8. The summed E-state index contributed by atoms with van der Waals surface area (Å²) in [6.07, 6.45) is 2.66. The second-order valence-corrected chi connectivity index (χ2v) is 10.7. The van der Waals surface area contributed by atoms with E-state index in [1.807, 2.05) is 24.3 Å². The number of benzene rings is 3. The first-order valence-electron chi connectivity index (χ1n) is 11.0. The maximum atomic E-state index is 12.5. The van der Waals surface area contributed by atoms with Crippen LogP contribution in [0.15, 0.2) is 77.9 Å². The average molecular weight is 514 g/mol. The minimum absolute atomic E-state index is 0.0790. The predicted octanol–water partition coefficient (Wildman–Crippen LogP) is 5.10. The highest BCUT2D eigenvalue weighted by Crippen LogP contribution is 2.24. The van der Waals surface area contributed by atoms with E-state index in [0.717, 1.165) is 17.6 Å². The van der Waals surface area contributed by atoms with Crippen LogP contribution in [0.4, 0.5) is 5.69 Å². The molecule has 0 fully saturated rings. The molecule has 3 aromatic carbocycles. The van der Waals surface area contributed by atoms with Gasteiger partial charge in [-0.25, -0.2) is 13.8 Å². The minimum atomic E-state index is -3.58. The fourth-order valence-corrected chi connectivity index (χ4v) is 4.18. The number of hydrogen-bond donors (Lipinski definition) is 1. The summed E-state index contributed by atoms with van der Waals surface area (Å²) >= 11 is 6.20. The van der Waals surface area contributed by atoms with Crippen LogP contribution in [0.1, 0.15) is 35.3 Å². The lowest BCUT2D eigenvalue weighted by Gasteiger charge is -2.23. The molecule has 0 spiro atoms. The van der Waals surface area contributed by atoms with Crippen LogP contribution in [-0.4, -0.2) is 33.4 Å². The largest absolute Gasteiger partial charge is 0.493 e. The summed E-state index contributed by atoms with van der Waals surface area (Å²) in [5.74, 6) is 0.802. The van der Waals surface area contributed by atoms with Gasteiger partial charge in [0.15, 0.2) is 0 Å². The molecule has 0 aromatic heterocycles. The highest BCUT2D eigenvalue weighted by Gasteiger charge is 2.19. The van der Waals surface area contributed by atoms with Gasteiger partial charge < -0.3 is 4.74 Å². The number of carbonyl (C=O) groups excluding carboxylic acids is 1. The summed E-state index contributed by atoms with van der Waals surface area (Å²) < 4.78 is 31.7. The lowest BCUT2D eigenvalue weighted by Crippen LogP contribution is -2.29. The Bertz CT molecular complexity index is 1270. The van der Waals surface area contributed by atoms with Gasteiger partial charge in [-0.2, -0.15) is 5.10 Å². The molecular weight excluding hydrogens is 486 g/mol. The van der Waals surface area contributed by atoms with Gasteiger partial charge in [0.05, 0.1) is 31.3 Å². The molecule has 0 saturated carbocycles. The van der Waals surface area contributed by atoms with Gasteiger partial charge in [0.1, 0.15) is 5.75 Å². The van der Waals surface area contributed by atoms with Crippen LogP contribution in [0.2, 0.25) is 5.02 Å². The highest BCUT2D eigenvalue weighted by atomic mass is 35.5. The molecule has 0 aliphatic carbocycles. The quantitative estimate of drug-likeness (QED) is 0.301. The summed E-state index contributed by atoms with van der Waals surface area (Å²) in [5, 5.41) is 4.48. The first-order chi connectivity index (χ1) is 16.6. The van der Waals surface area contributed by atoms with Crippen molar-refractivity contribution in [3.05, 3.63) is 94.5 Å². The van der Waals surface area contributed by atoms with Crippen molar-refractivity contribution in [3.8, 4) is 5.75 Å². The molecule has 0 aliphatic rings. The number of nitrogens with one attached hydrogen (secondary N) is 1. The van der Waals surface area contributed by atoms with Crippen LogP contribution in [0.5, 0.6) is 5.75 Å². The Labute approximate surface area is 211 Å². The van der Waals surface area contributed by atoms with Crippen molar-refractivity contribution in [1.82, 2.24) is 5.43 Å². The van der Waals surface area contributed by atoms with Crippen LogP contribution < -0.4 is 14.5 Å². The lowest BCUT2D eigenvalue weighted by molar-refractivity contribution is 0.0955. The zero-order valence-corrected chi connectivity index (χ0v) is 21.4. The third-order valence-corrected chi connectivity index (χ3v) is 6.44. The molecule has 0 aliphatic heterocycles. The van der Waals surface area contributed by atoms with Crippen molar-refractivity contribution < 1.29 is 17.9 Å². The SMILES string of the molecule is CC(C)COc1ccc(/C=N\NC(=O)c2ccc(N(Cc3ccccc3Cl)S(C)(=O)=O)cc2)cc1. The number of carbonyl (C=O) groups is 1. The van der Waals surface area contributed by atoms with E-state index in [4.69, 9.17) is 16.3 Å². The third-order valence-electron chi connectivity index (χ3n) is 4.93. The zero-order chi connectivity index (χ0) is 25.4. The number of halogens is 1.